The monoisotopic (exact) mass is 317 g/mol. The maximum atomic E-state index is 12.8. The van der Waals surface area contributed by atoms with Crippen molar-refractivity contribution < 1.29 is 18.3 Å². The number of halogens is 3. The van der Waals surface area contributed by atoms with Gasteiger partial charge in [0.1, 0.15) is 6.07 Å². The highest BCUT2D eigenvalue weighted by Crippen LogP contribution is 2.30. The van der Waals surface area contributed by atoms with Gasteiger partial charge in [-0.1, -0.05) is 6.07 Å². The molecule has 0 amide bonds. The molecule has 0 heterocycles. The molecular weight excluding hydrogens is 308 g/mol. The topological polar surface area (TPSA) is 50.1 Å². The number of benzene rings is 1. The fraction of sp³-hybridized carbons (Fsp3) is 0.333. The largest absolute Gasteiger partial charge is 0.466 e. The Morgan fingerprint density at radius 1 is 1.56 bits per heavy atom. The molecule has 0 aliphatic heterocycles. The zero-order valence-corrected chi connectivity index (χ0v) is 11.1. The summed E-state index contributed by atoms with van der Waals surface area (Å²) in [6.07, 6.45) is -3.08. The van der Waals surface area contributed by atoms with E-state index in [4.69, 9.17) is 10.00 Å². The molecule has 0 fully saturated rings. The Balaban J connectivity index is 3.24. The lowest BCUT2D eigenvalue weighted by atomic mass is 9.99. The molecule has 3 nitrogen and oxygen atoms in total. The van der Waals surface area contributed by atoms with Gasteiger partial charge in [-0.05, 0) is 34.5 Å². The van der Waals surface area contributed by atoms with Crippen molar-refractivity contribution in [1.29, 1.82) is 5.26 Å². The van der Waals surface area contributed by atoms with Gasteiger partial charge >= 0.3 is 5.97 Å². The summed E-state index contributed by atoms with van der Waals surface area (Å²) in [6, 6.07) is 4.39. The summed E-state index contributed by atoms with van der Waals surface area (Å²) in [4.78, 5) is 11.4. The molecule has 0 saturated heterocycles. The Bertz CT molecular complexity index is 498. The summed E-state index contributed by atoms with van der Waals surface area (Å²) in [6.45, 7) is 1.79. The molecule has 0 radical (unpaired) electrons. The lowest BCUT2D eigenvalue weighted by Gasteiger charge is -2.11. The zero-order chi connectivity index (χ0) is 13.7. The van der Waals surface area contributed by atoms with Gasteiger partial charge in [0.05, 0.1) is 18.6 Å². The van der Waals surface area contributed by atoms with Crippen LogP contribution in [0.25, 0.3) is 0 Å². The van der Waals surface area contributed by atoms with Crippen molar-refractivity contribution in [1.82, 2.24) is 0 Å². The molecule has 0 atom stereocenters. The summed E-state index contributed by atoms with van der Waals surface area (Å²) in [7, 11) is 0. The SMILES string of the molecule is CCOC(=O)Cc1c(C(F)F)ccc(Br)c1C#N. The van der Waals surface area contributed by atoms with Crippen molar-refractivity contribution in [2.24, 2.45) is 0 Å². The zero-order valence-electron chi connectivity index (χ0n) is 9.54. The molecule has 0 aliphatic rings. The molecule has 18 heavy (non-hydrogen) atoms. The third-order valence-electron chi connectivity index (χ3n) is 2.27. The van der Waals surface area contributed by atoms with E-state index in [0.717, 1.165) is 0 Å². The first-order chi connectivity index (χ1) is 8.51. The first-order valence-corrected chi connectivity index (χ1v) is 5.95. The maximum Gasteiger partial charge on any atom is 0.310 e. The minimum Gasteiger partial charge on any atom is -0.466 e. The van der Waals surface area contributed by atoms with Gasteiger partial charge in [-0.2, -0.15) is 5.26 Å². The van der Waals surface area contributed by atoms with Crippen LogP contribution in [0.4, 0.5) is 8.78 Å². The first-order valence-electron chi connectivity index (χ1n) is 5.16. The molecule has 0 spiro atoms. The number of carbonyl (C=O) groups excluding carboxylic acids is 1. The smallest absolute Gasteiger partial charge is 0.310 e. The highest BCUT2D eigenvalue weighted by Gasteiger charge is 2.21. The van der Waals surface area contributed by atoms with E-state index in [2.05, 4.69) is 15.9 Å². The van der Waals surface area contributed by atoms with Crippen LogP contribution < -0.4 is 0 Å². The van der Waals surface area contributed by atoms with Crippen LogP contribution in [0.1, 0.15) is 30.0 Å². The van der Waals surface area contributed by atoms with E-state index in [1.807, 2.05) is 6.07 Å². The van der Waals surface area contributed by atoms with Crippen molar-refractivity contribution in [3.05, 3.63) is 33.3 Å². The van der Waals surface area contributed by atoms with Gasteiger partial charge in [0.2, 0.25) is 0 Å². The number of alkyl halides is 2. The fourth-order valence-electron chi connectivity index (χ4n) is 1.51. The Kier molecular flexibility index (Phi) is 5.23. The summed E-state index contributed by atoms with van der Waals surface area (Å²) < 4.78 is 30.8. The van der Waals surface area contributed by atoms with Gasteiger partial charge in [-0.3, -0.25) is 4.79 Å². The van der Waals surface area contributed by atoms with Crippen molar-refractivity contribution in [3.63, 3.8) is 0 Å². The molecule has 1 aromatic carbocycles. The average molecular weight is 318 g/mol. The maximum absolute atomic E-state index is 12.8. The van der Waals surface area contributed by atoms with Gasteiger partial charge in [0, 0.05) is 10.0 Å². The predicted molar refractivity (Wildman–Crippen MR) is 64.2 cm³/mol. The number of nitrogens with zero attached hydrogens (tertiary/aromatic N) is 1. The Labute approximate surface area is 111 Å². The number of hydrogen-bond donors (Lipinski definition) is 0. The summed E-state index contributed by atoms with van der Waals surface area (Å²) >= 11 is 3.10. The van der Waals surface area contributed by atoms with E-state index in [1.165, 1.54) is 12.1 Å². The minimum absolute atomic E-state index is 0.0142. The number of ether oxygens (including phenoxy) is 1. The lowest BCUT2D eigenvalue weighted by molar-refractivity contribution is -0.142. The molecular formula is C12H10BrF2NO2. The van der Waals surface area contributed by atoms with Crippen LogP contribution in [0, 0.1) is 11.3 Å². The minimum atomic E-state index is -2.74. The number of rotatable bonds is 4. The average Bonchev–Trinajstić information content (AvgIpc) is 2.29. The van der Waals surface area contributed by atoms with E-state index in [0.29, 0.717) is 4.47 Å². The Morgan fingerprint density at radius 3 is 2.72 bits per heavy atom. The van der Waals surface area contributed by atoms with Crippen LogP contribution in [0.2, 0.25) is 0 Å². The number of nitriles is 1. The second kappa shape index (κ2) is 6.45. The van der Waals surface area contributed by atoms with Gasteiger partial charge in [-0.15, -0.1) is 0 Å². The van der Waals surface area contributed by atoms with Gasteiger partial charge < -0.3 is 4.74 Å². The molecule has 0 bridgehead atoms. The predicted octanol–water partition coefficient (Wildman–Crippen LogP) is 3.36. The standard InChI is InChI=1S/C12H10BrF2NO2/c1-2-18-11(17)5-8-7(12(14)15)3-4-10(13)9(8)6-16/h3-4,12H,2,5H2,1H3. The van der Waals surface area contributed by atoms with Gasteiger partial charge in [-0.25, -0.2) is 8.78 Å². The van der Waals surface area contributed by atoms with E-state index in [-0.39, 0.29) is 29.7 Å². The number of esters is 1. The Morgan fingerprint density at radius 2 is 2.22 bits per heavy atom. The second-order valence-electron chi connectivity index (χ2n) is 3.38. The third-order valence-corrected chi connectivity index (χ3v) is 2.93. The highest BCUT2D eigenvalue weighted by molar-refractivity contribution is 9.10. The quantitative estimate of drug-likeness (QED) is 0.800. The van der Waals surface area contributed by atoms with Gasteiger partial charge in [0.15, 0.2) is 0 Å². The molecule has 0 N–H and O–H groups in total. The normalized spacial score (nSPS) is 10.2. The van der Waals surface area contributed by atoms with Crippen LogP contribution in [0.5, 0.6) is 0 Å². The summed E-state index contributed by atoms with van der Waals surface area (Å²) in [5, 5.41) is 8.97. The Hall–Kier alpha value is -1.48. The molecule has 0 unspecified atom stereocenters. The van der Waals surface area contributed by atoms with Crippen LogP contribution in [-0.2, 0) is 16.0 Å². The van der Waals surface area contributed by atoms with Crippen molar-refractivity contribution in [3.8, 4) is 6.07 Å². The second-order valence-corrected chi connectivity index (χ2v) is 4.24. The van der Waals surface area contributed by atoms with E-state index in [1.54, 1.807) is 6.92 Å². The summed E-state index contributed by atoms with van der Waals surface area (Å²) in [5.41, 5.74) is -0.260. The fourth-order valence-corrected chi connectivity index (χ4v) is 1.97. The van der Waals surface area contributed by atoms with Crippen molar-refractivity contribution >= 4 is 21.9 Å². The third kappa shape index (κ3) is 3.26. The molecule has 0 saturated carbocycles. The van der Waals surface area contributed by atoms with Crippen LogP contribution in [-0.4, -0.2) is 12.6 Å². The van der Waals surface area contributed by atoms with Crippen LogP contribution >= 0.6 is 15.9 Å². The lowest BCUT2D eigenvalue weighted by Crippen LogP contribution is -2.11. The molecule has 6 heteroatoms. The van der Waals surface area contributed by atoms with Crippen LogP contribution in [0.3, 0.4) is 0 Å². The first kappa shape index (κ1) is 14.6. The number of carbonyl (C=O) groups is 1. The molecule has 0 aromatic heterocycles. The van der Waals surface area contributed by atoms with Crippen LogP contribution in [0.15, 0.2) is 16.6 Å². The summed E-state index contributed by atoms with van der Waals surface area (Å²) in [5.74, 6) is -0.631. The highest BCUT2D eigenvalue weighted by atomic mass is 79.9. The van der Waals surface area contributed by atoms with E-state index in [9.17, 15) is 13.6 Å². The molecule has 1 aromatic rings. The number of hydrogen-bond acceptors (Lipinski definition) is 3. The molecule has 96 valence electrons. The van der Waals surface area contributed by atoms with E-state index >= 15 is 0 Å². The molecule has 1 rings (SSSR count). The van der Waals surface area contributed by atoms with Crippen molar-refractivity contribution in [2.75, 3.05) is 6.61 Å². The van der Waals surface area contributed by atoms with Crippen molar-refractivity contribution in [2.45, 2.75) is 19.8 Å². The molecule has 0 aliphatic carbocycles. The van der Waals surface area contributed by atoms with E-state index < -0.39 is 12.4 Å². The van der Waals surface area contributed by atoms with Gasteiger partial charge in [0.25, 0.3) is 6.43 Å².